The van der Waals surface area contributed by atoms with Crippen molar-refractivity contribution in [2.24, 2.45) is 0 Å². The summed E-state index contributed by atoms with van der Waals surface area (Å²) in [6.45, 7) is 0.225. The Labute approximate surface area is 123 Å². The molecule has 0 N–H and O–H groups in total. The maximum absolute atomic E-state index is 11.0. The van der Waals surface area contributed by atoms with Gasteiger partial charge in [0.25, 0.3) is 0 Å². The van der Waals surface area contributed by atoms with Crippen molar-refractivity contribution in [3.05, 3.63) is 67.6 Å². The van der Waals surface area contributed by atoms with E-state index in [1.807, 2.05) is 24.3 Å². The van der Waals surface area contributed by atoms with Gasteiger partial charge in [-0.1, -0.05) is 51.8 Å². The van der Waals surface area contributed by atoms with E-state index in [1.165, 1.54) is 12.1 Å². The lowest BCUT2D eigenvalue weighted by molar-refractivity contribution is -0.385. The maximum atomic E-state index is 11.0. The van der Waals surface area contributed by atoms with E-state index in [2.05, 4.69) is 15.9 Å². The highest BCUT2D eigenvalue weighted by molar-refractivity contribution is 9.10. The van der Waals surface area contributed by atoms with Crippen LogP contribution in [0.15, 0.2) is 46.9 Å². The number of ether oxygens (including phenoxy) is 1. The topological polar surface area (TPSA) is 52.4 Å². The zero-order valence-electron chi connectivity index (χ0n) is 9.68. The fourth-order valence-electron chi connectivity index (χ4n) is 1.56. The predicted octanol–water partition coefficient (Wildman–Crippen LogP) is 4.59. The highest BCUT2D eigenvalue weighted by Gasteiger charge is 2.19. The number of nitro groups is 1. The van der Waals surface area contributed by atoms with E-state index < -0.39 is 4.92 Å². The second-order valence-electron chi connectivity index (χ2n) is 3.72. The molecule has 0 saturated heterocycles. The Morgan fingerprint density at radius 3 is 2.63 bits per heavy atom. The lowest BCUT2D eigenvalue weighted by Gasteiger charge is -2.08. The van der Waals surface area contributed by atoms with Gasteiger partial charge in [0.2, 0.25) is 0 Å². The predicted molar refractivity (Wildman–Crippen MR) is 76.6 cm³/mol. The van der Waals surface area contributed by atoms with Gasteiger partial charge in [0.1, 0.15) is 11.6 Å². The Balaban J connectivity index is 2.23. The van der Waals surface area contributed by atoms with Gasteiger partial charge in [0.05, 0.1) is 4.92 Å². The van der Waals surface area contributed by atoms with Crippen LogP contribution in [-0.2, 0) is 6.61 Å². The smallest absolute Gasteiger partial charge is 0.329 e. The van der Waals surface area contributed by atoms with Crippen molar-refractivity contribution in [3.8, 4) is 5.75 Å². The van der Waals surface area contributed by atoms with Crippen LogP contribution in [0.5, 0.6) is 5.75 Å². The van der Waals surface area contributed by atoms with E-state index in [1.54, 1.807) is 6.07 Å². The van der Waals surface area contributed by atoms with Crippen molar-refractivity contribution in [1.82, 2.24) is 0 Å². The number of halogens is 2. The summed E-state index contributed by atoms with van der Waals surface area (Å²) in [5.74, 6) is 0.160. The molecule has 0 aliphatic rings. The Kier molecular flexibility index (Phi) is 4.39. The van der Waals surface area contributed by atoms with E-state index in [0.29, 0.717) is 0 Å². The van der Waals surface area contributed by atoms with Gasteiger partial charge >= 0.3 is 5.69 Å². The summed E-state index contributed by atoms with van der Waals surface area (Å²) in [6.07, 6.45) is 0. The molecule has 0 fully saturated rings. The van der Waals surface area contributed by atoms with E-state index in [9.17, 15) is 10.1 Å². The van der Waals surface area contributed by atoms with Crippen LogP contribution in [0.2, 0.25) is 5.02 Å². The van der Waals surface area contributed by atoms with Gasteiger partial charge in [-0.15, -0.1) is 0 Å². The fraction of sp³-hybridized carbons (Fsp3) is 0.0769. The van der Waals surface area contributed by atoms with Crippen molar-refractivity contribution in [2.75, 3.05) is 0 Å². The molecule has 2 rings (SSSR count). The van der Waals surface area contributed by atoms with Gasteiger partial charge in [0, 0.05) is 10.0 Å². The number of hydrogen-bond acceptors (Lipinski definition) is 3. The molecule has 0 aliphatic carbocycles. The van der Waals surface area contributed by atoms with Gasteiger partial charge in [0.15, 0.2) is 5.75 Å². The number of nitrogens with zero attached hydrogens (tertiary/aromatic N) is 1. The molecule has 2 aromatic carbocycles. The van der Waals surface area contributed by atoms with Gasteiger partial charge in [-0.2, -0.15) is 0 Å². The molecule has 0 radical (unpaired) electrons. The molecule has 6 heteroatoms. The van der Waals surface area contributed by atoms with Crippen LogP contribution in [0.4, 0.5) is 5.69 Å². The van der Waals surface area contributed by atoms with E-state index in [-0.39, 0.29) is 23.1 Å². The second-order valence-corrected chi connectivity index (χ2v) is 4.99. The van der Waals surface area contributed by atoms with Crippen molar-refractivity contribution in [1.29, 1.82) is 0 Å². The van der Waals surface area contributed by atoms with Crippen molar-refractivity contribution < 1.29 is 9.66 Å². The third-order valence-corrected chi connectivity index (χ3v) is 3.55. The summed E-state index contributed by atoms with van der Waals surface area (Å²) in [5, 5.41) is 11.0. The molecule has 2 aromatic rings. The van der Waals surface area contributed by atoms with E-state index in [0.717, 1.165) is 10.0 Å². The van der Waals surface area contributed by atoms with E-state index in [4.69, 9.17) is 16.3 Å². The number of benzene rings is 2. The first kappa shape index (κ1) is 13.8. The maximum Gasteiger partial charge on any atom is 0.329 e. The SMILES string of the molecule is O=[N+]([O-])c1c(Cl)cccc1OCc1ccccc1Br. The van der Waals surface area contributed by atoms with Crippen molar-refractivity contribution in [2.45, 2.75) is 6.61 Å². The molecule has 0 bridgehead atoms. The largest absolute Gasteiger partial charge is 0.482 e. The van der Waals surface area contributed by atoms with Crippen molar-refractivity contribution in [3.63, 3.8) is 0 Å². The zero-order valence-corrected chi connectivity index (χ0v) is 12.0. The quantitative estimate of drug-likeness (QED) is 0.603. The average molecular weight is 343 g/mol. The molecule has 0 aliphatic heterocycles. The summed E-state index contributed by atoms with van der Waals surface area (Å²) in [4.78, 5) is 10.4. The number of nitro benzene ring substituents is 1. The number of hydrogen-bond donors (Lipinski definition) is 0. The molecule has 0 spiro atoms. The van der Waals surface area contributed by atoms with Gasteiger partial charge in [-0.3, -0.25) is 10.1 Å². The van der Waals surface area contributed by atoms with Crippen molar-refractivity contribution >= 4 is 33.2 Å². The first-order chi connectivity index (χ1) is 9.09. The van der Waals surface area contributed by atoms with Crippen LogP contribution >= 0.6 is 27.5 Å². The van der Waals surface area contributed by atoms with E-state index >= 15 is 0 Å². The Hall–Kier alpha value is -1.59. The molecule has 0 amide bonds. The number of para-hydroxylation sites is 1. The fourth-order valence-corrected chi connectivity index (χ4v) is 2.19. The van der Waals surface area contributed by atoms with Crippen LogP contribution in [0.25, 0.3) is 0 Å². The highest BCUT2D eigenvalue weighted by atomic mass is 79.9. The standard InChI is InChI=1S/C13H9BrClNO3/c14-10-5-2-1-4-9(10)8-19-12-7-3-6-11(15)13(12)16(17)18/h1-7H,8H2. The molecule has 4 nitrogen and oxygen atoms in total. The average Bonchev–Trinajstić information content (AvgIpc) is 2.37. The first-order valence-corrected chi connectivity index (χ1v) is 6.56. The van der Waals surface area contributed by atoms with Crippen LogP contribution in [0.1, 0.15) is 5.56 Å². The minimum Gasteiger partial charge on any atom is -0.482 e. The molecular weight excluding hydrogens is 334 g/mol. The summed E-state index contributed by atoms with van der Waals surface area (Å²) in [6, 6.07) is 12.1. The second kappa shape index (κ2) is 6.04. The highest BCUT2D eigenvalue weighted by Crippen LogP contribution is 2.34. The summed E-state index contributed by atoms with van der Waals surface area (Å²) < 4.78 is 6.38. The molecule has 0 unspecified atom stereocenters. The van der Waals surface area contributed by atoms with Crippen LogP contribution in [-0.4, -0.2) is 4.92 Å². The molecule has 0 aromatic heterocycles. The van der Waals surface area contributed by atoms with Gasteiger partial charge in [-0.25, -0.2) is 0 Å². The molecule has 0 heterocycles. The molecule has 0 saturated carbocycles. The van der Waals surface area contributed by atoms with Gasteiger partial charge in [-0.05, 0) is 18.2 Å². The Morgan fingerprint density at radius 1 is 1.21 bits per heavy atom. The Morgan fingerprint density at radius 2 is 1.95 bits per heavy atom. The summed E-state index contributed by atoms with van der Waals surface area (Å²) >= 11 is 9.20. The van der Waals surface area contributed by atoms with Gasteiger partial charge < -0.3 is 4.74 Å². The first-order valence-electron chi connectivity index (χ1n) is 5.38. The monoisotopic (exact) mass is 341 g/mol. The lowest BCUT2D eigenvalue weighted by Crippen LogP contribution is -2.00. The molecular formula is C13H9BrClNO3. The lowest BCUT2D eigenvalue weighted by atomic mass is 10.2. The minimum absolute atomic E-state index is 0.0645. The third-order valence-electron chi connectivity index (χ3n) is 2.47. The molecule has 98 valence electrons. The number of rotatable bonds is 4. The van der Waals surface area contributed by atoms with Crippen LogP contribution in [0.3, 0.4) is 0 Å². The third kappa shape index (κ3) is 3.24. The van der Waals surface area contributed by atoms with Crippen LogP contribution < -0.4 is 4.74 Å². The molecule has 19 heavy (non-hydrogen) atoms. The summed E-state index contributed by atoms with van der Waals surface area (Å²) in [5.41, 5.74) is 0.688. The minimum atomic E-state index is -0.544. The molecule has 0 atom stereocenters. The zero-order chi connectivity index (χ0) is 13.8. The normalized spacial score (nSPS) is 10.2. The summed E-state index contributed by atoms with van der Waals surface area (Å²) in [7, 11) is 0. The Bertz CT molecular complexity index is 619. The van der Waals surface area contributed by atoms with Crippen LogP contribution in [0, 0.1) is 10.1 Å².